The first-order valence-corrected chi connectivity index (χ1v) is 6.50. The Labute approximate surface area is 120 Å². The van der Waals surface area contributed by atoms with Crippen LogP contribution in [0, 0.1) is 23.1 Å². The molecule has 1 aliphatic carbocycles. The smallest absolute Gasteiger partial charge is 0.338 e. The molecule has 0 atom stereocenters. The van der Waals surface area contributed by atoms with Crippen molar-refractivity contribution >= 4 is 5.97 Å². The van der Waals surface area contributed by atoms with Gasteiger partial charge in [0, 0.05) is 1.43 Å². The van der Waals surface area contributed by atoms with Gasteiger partial charge >= 0.3 is 5.97 Å². The Balaban J connectivity index is 0.00000200. The van der Waals surface area contributed by atoms with Gasteiger partial charge in [0.15, 0.2) is 0 Å². The lowest BCUT2D eigenvalue weighted by Gasteiger charge is -2.25. The van der Waals surface area contributed by atoms with E-state index in [0.29, 0.717) is 5.92 Å². The highest BCUT2D eigenvalue weighted by atomic mass is 19.1. The molecule has 1 fully saturated rings. The van der Waals surface area contributed by atoms with Gasteiger partial charge in [0.25, 0.3) is 0 Å². The molecule has 0 saturated heterocycles. The molecular weight excluding hydrogens is 257 g/mol. The first-order chi connectivity index (χ1) is 9.10. The Bertz CT molecular complexity index is 519. The summed E-state index contributed by atoms with van der Waals surface area (Å²) in [6.45, 7) is 2.19. The third kappa shape index (κ3) is 3.80. The molecule has 1 aliphatic rings. The van der Waals surface area contributed by atoms with Gasteiger partial charge in [-0.05, 0) is 49.8 Å². The second kappa shape index (κ2) is 7.04. The fourth-order valence-electron chi connectivity index (χ4n) is 2.30. The lowest BCUT2D eigenvalue weighted by molar-refractivity contribution is 0.0173. The SMILES string of the molecule is C.CC1CCC(OC(=O)c2ccc(C#N)c(F)c2)CC1.[HH]. The molecule has 0 N–H and O–H groups in total. The van der Waals surface area contributed by atoms with Crippen molar-refractivity contribution in [2.45, 2.75) is 46.1 Å². The van der Waals surface area contributed by atoms with Gasteiger partial charge in [0.1, 0.15) is 18.0 Å². The first kappa shape index (κ1) is 16.2. The summed E-state index contributed by atoms with van der Waals surface area (Å²) < 4.78 is 18.8. The van der Waals surface area contributed by atoms with E-state index in [1.807, 2.05) is 0 Å². The number of carbonyl (C=O) groups is 1. The molecule has 110 valence electrons. The minimum absolute atomic E-state index is 0. The highest BCUT2D eigenvalue weighted by Crippen LogP contribution is 2.26. The van der Waals surface area contributed by atoms with E-state index in [2.05, 4.69) is 6.92 Å². The van der Waals surface area contributed by atoms with Crippen LogP contribution in [0.25, 0.3) is 0 Å². The summed E-state index contributed by atoms with van der Waals surface area (Å²) in [5.41, 5.74) is 0.0955. The number of carbonyl (C=O) groups excluding carboxylic acids is 1. The minimum Gasteiger partial charge on any atom is -0.459 e. The van der Waals surface area contributed by atoms with Crippen LogP contribution in [0.5, 0.6) is 0 Å². The van der Waals surface area contributed by atoms with Crippen LogP contribution in [0.4, 0.5) is 4.39 Å². The van der Waals surface area contributed by atoms with Crippen LogP contribution in [0.15, 0.2) is 18.2 Å². The number of halogens is 1. The minimum atomic E-state index is -0.686. The third-order valence-corrected chi connectivity index (χ3v) is 3.56. The molecule has 0 aliphatic heterocycles. The van der Waals surface area contributed by atoms with E-state index in [0.717, 1.165) is 31.7 Å². The Kier molecular flexibility index (Phi) is 5.69. The lowest BCUT2D eigenvalue weighted by atomic mass is 9.89. The van der Waals surface area contributed by atoms with Crippen molar-refractivity contribution in [3.63, 3.8) is 0 Å². The second-order valence-corrected chi connectivity index (χ2v) is 5.09. The van der Waals surface area contributed by atoms with Crippen LogP contribution < -0.4 is 0 Å². The Morgan fingerprint density at radius 2 is 2.05 bits per heavy atom. The van der Waals surface area contributed by atoms with E-state index in [9.17, 15) is 9.18 Å². The highest BCUT2D eigenvalue weighted by molar-refractivity contribution is 5.89. The molecule has 0 amide bonds. The molecule has 0 heterocycles. The zero-order valence-corrected chi connectivity index (χ0v) is 10.9. The molecule has 20 heavy (non-hydrogen) atoms. The highest BCUT2D eigenvalue weighted by Gasteiger charge is 2.22. The van der Waals surface area contributed by atoms with E-state index in [-0.39, 0.29) is 26.1 Å². The van der Waals surface area contributed by atoms with E-state index in [1.54, 1.807) is 6.07 Å². The molecule has 0 spiro atoms. The number of nitriles is 1. The van der Waals surface area contributed by atoms with Gasteiger partial charge in [-0.15, -0.1) is 0 Å². The van der Waals surface area contributed by atoms with Crippen molar-refractivity contribution in [2.24, 2.45) is 5.92 Å². The van der Waals surface area contributed by atoms with Gasteiger partial charge in [-0.25, -0.2) is 9.18 Å². The Morgan fingerprint density at radius 3 is 2.60 bits per heavy atom. The number of benzene rings is 1. The van der Waals surface area contributed by atoms with Gasteiger partial charge < -0.3 is 4.74 Å². The maximum absolute atomic E-state index is 13.4. The van der Waals surface area contributed by atoms with Crippen LogP contribution in [0.3, 0.4) is 0 Å². The molecule has 1 aromatic rings. The number of rotatable bonds is 2. The van der Waals surface area contributed by atoms with Crippen molar-refractivity contribution in [3.8, 4) is 6.07 Å². The van der Waals surface area contributed by atoms with Crippen LogP contribution in [-0.4, -0.2) is 12.1 Å². The van der Waals surface area contributed by atoms with Crippen molar-refractivity contribution < 1.29 is 15.3 Å². The third-order valence-electron chi connectivity index (χ3n) is 3.56. The lowest BCUT2D eigenvalue weighted by Crippen LogP contribution is -2.23. The summed E-state index contributed by atoms with van der Waals surface area (Å²) in [6, 6.07) is 5.51. The fraction of sp³-hybridized carbons (Fsp3) is 0.500. The van der Waals surface area contributed by atoms with E-state index in [4.69, 9.17) is 10.00 Å². The molecule has 1 saturated carbocycles. The number of nitrogens with zero attached hydrogens (tertiary/aromatic N) is 1. The molecule has 1 aromatic carbocycles. The van der Waals surface area contributed by atoms with Crippen LogP contribution in [-0.2, 0) is 4.74 Å². The van der Waals surface area contributed by atoms with Crippen LogP contribution in [0.2, 0.25) is 0 Å². The van der Waals surface area contributed by atoms with Gasteiger partial charge in [-0.1, -0.05) is 14.4 Å². The topological polar surface area (TPSA) is 50.1 Å². The number of ether oxygens (including phenoxy) is 1. The van der Waals surface area contributed by atoms with Crippen molar-refractivity contribution in [2.75, 3.05) is 0 Å². The fourth-order valence-corrected chi connectivity index (χ4v) is 2.30. The van der Waals surface area contributed by atoms with Gasteiger partial charge in [-0.3, -0.25) is 0 Å². The van der Waals surface area contributed by atoms with Crippen LogP contribution in [0.1, 0.15) is 57.4 Å². The molecule has 0 unspecified atom stereocenters. The largest absolute Gasteiger partial charge is 0.459 e. The zero-order chi connectivity index (χ0) is 13.8. The standard InChI is InChI=1S/C15H16FNO2.CH4.H2/c1-10-2-6-13(7-3-10)19-15(18)11-4-5-12(9-17)14(16)8-11;;/h4-5,8,10,13H,2-3,6-7H2,1H3;1H4;1H. The predicted molar refractivity (Wildman–Crippen MR) is 76.8 cm³/mol. The maximum atomic E-state index is 13.4. The van der Waals surface area contributed by atoms with Crippen molar-refractivity contribution in [1.29, 1.82) is 5.26 Å². The number of hydrogen-bond acceptors (Lipinski definition) is 3. The number of hydrogen-bond donors (Lipinski definition) is 0. The molecule has 4 heteroatoms. The summed E-state index contributed by atoms with van der Waals surface area (Å²) in [5, 5.41) is 8.63. The average Bonchev–Trinajstić information content (AvgIpc) is 2.41. The van der Waals surface area contributed by atoms with Crippen LogP contribution >= 0.6 is 0 Å². The molecule has 0 aromatic heterocycles. The maximum Gasteiger partial charge on any atom is 0.338 e. The zero-order valence-electron chi connectivity index (χ0n) is 10.9. The van der Waals surface area contributed by atoms with E-state index < -0.39 is 11.8 Å². The summed E-state index contributed by atoms with van der Waals surface area (Å²) in [5.74, 6) is -0.514. The average molecular weight is 279 g/mol. The summed E-state index contributed by atoms with van der Waals surface area (Å²) >= 11 is 0. The Morgan fingerprint density at radius 1 is 1.40 bits per heavy atom. The molecule has 0 bridgehead atoms. The summed E-state index contributed by atoms with van der Waals surface area (Å²) in [4.78, 5) is 11.9. The monoisotopic (exact) mass is 279 g/mol. The van der Waals surface area contributed by atoms with Crippen molar-refractivity contribution in [1.82, 2.24) is 0 Å². The predicted octanol–water partition coefficient (Wildman–Crippen LogP) is 4.31. The number of esters is 1. The Hall–Kier alpha value is -1.89. The van der Waals surface area contributed by atoms with Crippen molar-refractivity contribution in [3.05, 3.63) is 35.1 Å². The molecule has 3 nitrogen and oxygen atoms in total. The molecular formula is C16H22FNO2. The first-order valence-electron chi connectivity index (χ1n) is 6.50. The molecule has 2 rings (SSSR count). The van der Waals surface area contributed by atoms with E-state index in [1.165, 1.54) is 12.1 Å². The quantitative estimate of drug-likeness (QED) is 0.758. The van der Waals surface area contributed by atoms with Gasteiger partial charge in [-0.2, -0.15) is 5.26 Å². The van der Waals surface area contributed by atoms with Gasteiger partial charge in [0.05, 0.1) is 11.1 Å². The van der Waals surface area contributed by atoms with Gasteiger partial charge in [0.2, 0.25) is 0 Å². The van der Waals surface area contributed by atoms with E-state index >= 15 is 0 Å². The summed E-state index contributed by atoms with van der Waals surface area (Å²) in [7, 11) is 0. The second-order valence-electron chi connectivity index (χ2n) is 5.09. The summed E-state index contributed by atoms with van der Waals surface area (Å²) in [6.07, 6.45) is 3.78. The molecule has 0 radical (unpaired) electrons. The normalized spacial score (nSPS) is 21.4.